The SMILES string of the molecule is CC(C)(C)OC(=O)NN(C(=O)CC(c1ccc(F)cc1)c1ccc(F)cc1)c1cncc(F)c1C#CC1CN(C(=O)OC(C)(C)C)CCN1C(=O)OCc1ccccc1. The normalized spacial score (nSPS) is 14.2. The van der Waals surface area contributed by atoms with E-state index in [-0.39, 0.29) is 31.9 Å². The first-order chi connectivity index (χ1) is 27.9. The van der Waals surface area contributed by atoms with Crippen LogP contribution in [0.3, 0.4) is 0 Å². The van der Waals surface area contributed by atoms with Gasteiger partial charge in [0.25, 0.3) is 0 Å². The maximum atomic E-state index is 16.0. The summed E-state index contributed by atoms with van der Waals surface area (Å²) in [6.07, 6.45) is -0.862. The molecule has 15 heteroatoms. The summed E-state index contributed by atoms with van der Waals surface area (Å²) in [5.74, 6) is 2.02. The summed E-state index contributed by atoms with van der Waals surface area (Å²) in [5, 5.41) is 0.758. The number of aromatic nitrogens is 1. The molecule has 1 saturated heterocycles. The third-order valence-electron chi connectivity index (χ3n) is 8.73. The standard InChI is InChI=1S/C44H46F3N5O7/c1-43(2,3)58-40(54)49-52(39(53)24-36(30-12-16-32(45)17-13-30)31-14-18-33(46)19-15-31)38-26-48-25-37(47)35(38)21-20-34-27-50(41(55)59-44(4,5)6)22-23-51(34)42(56)57-28-29-10-8-7-9-11-29/h7-19,25-26,34,36H,22-24,27-28H2,1-6H3,(H,49,54). The molecule has 0 bridgehead atoms. The molecule has 1 aromatic heterocycles. The Hall–Kier alpha value is -6.56. The van der Waals surface area contributed by atoms with Crippen LogP contribution in [0.5, 0.6) is 0 Å². The van der Waals surface area contributed by atoms with E-state index in [4.69, 9.17) is 14.2 Å². The molecule has 59 heavy (non-hydrogen) atoms. The Kier molecular flexibility index (Phi) is 13.9. The fraction of sp³-hybridized carbons (Fsp3) is 0.341. The number of piperazine rings is 1. The first-order valence-corrected chi connectivity index (χ1v) is 18.8. The summed E-state index contributed by atoms with van der Waals surface area (Å²) < 4.78 is 60.5. The Bertz CT molecular complexity index is 2140. The summed E-state index contributed by atoms with van der Waals surface area (Å²) in [6.45, 7) is 9.89. The number of carbonyl (C=O) groups excluding carboxylic acids is 4. The van der Waals surface area contributed by atoms with Gasteiger partial charge < -0.3 is 19.1 Å². The Morgan fingerprint density at radius 2 is 1.41 bits per heavy atom. The van der Waals surface area contributed by atoms with E-state index in [1.54, 1.807) is 65.8 Å². The third-order valence-corrected chi connectivity index (χ3v) is 8.73. The number of hydrogen-bond acceptors (Lipinski definition) is 8. The van der Waals surface area contributed by atoms with Crippen molar-refractivity contribution in [1.82, 2.24) is 20.2 Å². The predicted molar refractivity (Wildman–Crippen MR) is 212 cm³/mol. The van der Waals surface area contributed by atoms with E-state index in [1.165, 1.54) is 58.3 Å². The fourth-order valence-electron chi connectivity index (χ4n) is 6.03. The zero-order valence-corrected chi connectivity index (χ0v) is 33.6. The average molecular weight is 814 g/mol. The highest BCUT2D eigenvalue weighted by Crippen LogP contribution is 2.31. The minimum Gasteiger partial charge on any atom is -0.445 e. The first-order valence-electron chi connectivity index (χ1n) is 18.8. The topological polar surface area (TPSA) is 131 Å². The molecule has 2 heterocycles. The van der Waals surface area contributed by atoms with Gasteiger partial charge in [-0.1, -0.05) is 66.4 Å². The molecule has 1 fully saturated rings. The summed E-state index contributed by atoms with van der Waals surface area (Å²) >= 11 is 0. The minimum atomic E-state index is -1.07. The van der Waals surface area contributed by atoms with E-state index < -0.39 is 76.8 Å². The molecule has 1 N–H and O–H groups in total. The van der Waals surface area contributed by atoms with Gasteiger partial charge in [0.1, 0.15) is 41.2 Å². The van der Waals surface area contributed by atoms with Gasteiger partial charge in [-0.05, 0) is 82.5 Å². The molecule has 3 aromatic carbocycles. The maximum Gasteiger partial charge on any atom is 0.427 e. The van der Waals surface area contributed by atoms with Gasteiger partial charge in [0.2, 0.25) is 5.91 Å². The van der Waals surface area contributed by atoms with E-state index in [0.717, 1.165) is 23.0 Å². The summed E-state index contributed by atoms with van der Waals surface area (Å²) in [6, 6.07) is 18.7. The quantitative estimate of drug-likeness (QED) is 0.113. The lowest BCUT2D eigenvalue weighted by Gasteiger charge is -2.38. The van der Waals surface area contributed by atoms with Gasteiger partial charge in [0.15, 0.2) is 5.82 Å². The predicted octanol–water partition coefficient (Wildman–Crippen LogP) is 8.10. The molecule has 0 aliphatic carbocycles. The van der Waals surface area contributed by atoms with Crippen LogP contribution in [0, 0.1) is 29.3 Å². The number of ether oxygens (including phenoxy) is 3. The van der Waals surface area contributed by atoms with Crippen molar-refractivity contribution in [3.8, 4) is 11.8 Å². The molecule has 1 aliphatic heterocycles. The number of hydrogen-bond donors (Lipinski definition) is 1. The second-order valence-corrected chi connectivity index (χ2v) is 15.7. The number of carbonyl (C=O) groups is 4. The van der Waals surface area contributed by atoms with Crippen LogP contribution in [0.2, 0.25) is 0 Å². The number of pyridine rings is 1. The second kappa shape index (κ2) is 18.8. The van der Waals surface area contributed by atoms with Gasteiger partial charge in [0.05, 0.1) is 24.5 Å². The Balaban J connectivity index is 1.54. The molecule has 5 rings (SSSR count). The second-order valence-electron chi connectivity index (χ2n) is 15.7. The molecule has 4 amide bonds. The number of nitrogens with one attached hydrogen (secondary N) is 1. The molecule has 0 spiro atoms. The van der Waals surface area contributed by atoms with Gasteiger partial charge in [-0.3, -0.25) is 14.7 Å². The van der Waals surface area contributed by atoms with Crippen LogP contribution in [0.25, 0.3) is 0 Å². The fourth-order valence-corrected chi connectivity index (χ4v) is 6.03. The Labute approximate surface area is 341 Å². The number of nitrogens with zero attached hydrogens (tertiary/aromatic N) is 4. The summed E-state index contributed by atoms with van der Waals surface area (Å²) in [4.78, 5) is 61.0. The zero-order valence-electron chi connectivity index (χ0n) is 33.6. The first kappa shape index (κ1) is 43.6. The van der Waals surface area contributed by atoms with Gasteiger partial charge >= 0.3 is 18.3 Å². The minimum absolute atomic E-state index is 0.00311. The van der Waals surface area contributed by atoms with Gasteiger partial charge in [0, 0.05) is 25.4 Å². The van der Waals surface area contributed by atoms with Crippen molar-refractivity contribution in [2.45, 2.75) is 77.7 Å². The summed E-state index contributed by atoms with van der Waals surface area (Å²) in [5.41, 5.74) is 1.62. The van der Waals surface area contributed by atoms with Crippen molar-refractivity contribution in [1.29, 1.82) is 0 Å². The van der Waals surface area contributed by atoms with E-state index in [9.17, 15) is 28.0 Å². The number of amides is 4. The van der Waals surface area contributed by atoms with Crippen LogP contribution in [-0.2, 0) is 25.6 Å². The molecular weight excluding hydrogens is 768 g/mol. The summed E-state index contributed by atoms with van der Waals surface area (Å²) in [7, 11) is 0. The van der Waals surface area contributed by atoms with Crippen LogP contribution in [0.4, 0.5) is 33.2 Å². The highest BCUT2D eigenvalue weighted by molar-refractivity contribution is 5.97. The highest BCUT2D eigenvalue weighted by atomic mass is 19.1. The molecule has 4 aromatic rings. The molecule has 310 valence electrons. The Morgan fingerprint density at radius 1 is 0.814 bits per heavy atom. The van der Waals surface area contributed by atoms with E-state index in [2.05, 4.69) is 22.3 Å². The number of hydrazine groups is 1. The lowest BCUT2D eigenvalue weighted by Crippen LogP contribution is -2.56. The van der Waals surface area contributed by atoms with Gasteiger partial charge in [-0.15, -0.1) is 0 Å². The number of rotatable bonds is 7. The molecule has 1 aliphatic rings. The number of halogens is 3. The van der Waals surface area contributed by atoms with Crippen molar-refractivity contribution in [3.63, 3.8) is 0 Å². The molecule has 0 radical (unpaired) electrons. The average Bonchev–Trinajstić information content (AvgIpc) is 3.17. The lowest BCUT2D eigenvalue weighted by atomic mass is 9.88. The number of benzene rings is 3. The van der Waals surface area contributed by atoms with Crippen LogP contribution in [0.15, 0.2) is 91.3 Å². The van der Waals surface area contributed by atoms with Crippen LogP contribution < -0.4 is 10.4 Å². The largest absolute Gasteiger partial charge is 0.445 e. The van der Waals surface area contributed by atoms with Crippen LogP contribution in [0.1, 0.15) is 76.1 Å². The molecule has 0 saturated carbocycles. The van der Waals surface area contributed by atoms with E-state index >= 15 is 4.39 Å². The van der Waals surface area contributed by atoms with Crippen LogP contribution in [-0.4, -0.2) is 75.8 Å². The smallest absolute Gasteiger partial charge is 0.427 e. The monoisotopic (exact) mass is 813 g/mol. The lowest BCUT2D eigenvalue weighted by molar-refractivity contribution is -0.119. The molecule has 1 atom stereocenters. The Morgan fingerprint density at radius 3 is 1.98 bits per heavy atom. The number of anilines is 1. The van der Waals surface area contributed by atoms with Crippen molar-refractivity contribution in [2.75, 3.05) is 24.6 Å². The van der Waals surface area contributed by atoms with Gasteiger partial charge in [-0.25, -0.2) is 38.0 Å². The van der Waals surface area contributed by atoms with Crippen molar-refractivity contribution >= 4 is 29.9 Å². The molecular formula is C44H46F3N5O7. The van der Waals surface area contributed by atoms with Gasteiger partial charge in [-0.2, -0.15) is 0 Å². The van der Waals surface area contributed by atoms with E-state index in [1.807, 2.05) is 6.07 Å². The van der Waals surface area contributed by atoms with Crippen molar-refractivity contribution < 1.29 is 46.6 Å². The third kappa shape index (κ3) is 12.5. The molecule has 12 nitrogen and oxygen atoms in total. The highest BCUT2D eigenvalue weighted by Gasteiger charge is 2.35. The zero-order chi connectivity index (χ0) is 42.9. The van der Waals surface area contributed by atoms with Crippen molar-refractivity contribution in [3.05, 3.63) is 131 Å². The van der Waals surface area contributed by atoms with Crippen LogP contribution >= 0.6 is 0 Å². The molecule has 1 unspecified atom stereocenters. The maximum absolute atomic E-state index is 16.0. The van der Waals surface area contributed by atoms with E-state index in [0.29, 0.717) is 11.1 Å². The van der Waals surface area contributed by atoms with Crippen molar-refractivity contribution in [2.24, 2.45) is 0 Å².